The number of hydrogen-bond donors (Lipinski definition) is 6. The summed E-state index contributed by atoms with van der Waals surface area (Å²) in [4.78, 5) is 36.4. The summed E-state index contributed by atoms with van der Waals surface area (Å²) in [6.07, 6.45) is -4.96. The van der Waals surface area contributed by atoms with Gasteiger partial charge in [-0.15, -0.1) is 6.58 Å². The predicted octanol–water partition coefficient (Wildman–Crippen LogP) is -0.189. The molecule has 2 rings (SSSR count). The Morgan fingerprint density at radius 2 is 1.60 bits per heavy atom. The van der Waals surface area contributed by atoms with E-state index in [1.807, 2.05) is 21.1 Å². The Kier molecular flexibility index (Phi) is 23.0. The van der Waals surface area contributed by atoms with Crippen LogP contribution in [0.1, 0.15) is 71.1 Å². The fourth-order valence-corrected chi connectivity index (χ4v) is 6.78. The summed E-state index contributed by atoms with van der Waals surface area (Å²) < 4.78 is 53.4. The molecule has 2 saturated heterocycles. The second kappa shape index (κ2) is 25.3. The number of carbonyl (C=O) groups excluding carboxylic acids is 1. The van der Waals surface area contributed by atoms with Gasteiger partial charge in [-0.2, -0.15) is 0 Å². The number of esters is 1. The summed E-state index contributed by atoms with van der Waals surface area (Å²) in [5.74, 6) is -3.16. The summed E-state index contributed by atoms with van der Waals surface area (Å²) in [5.41, 5.74) is 0. The standard InChI is InChI=1S/C35H66NO18P/c1-6-8-9-10-11-12-13-14-15-16-28(40)47-24-35(52-34-31(43)30(42)29(41)26(21-38)50-34)33(46-23-25(20-37)53-48-18-7-2)32(27(22-39)51-35)54-55(44,45)49-19-17-36(3,4)5/h7,25-27,29-34,37-39,41-43H,2,6,8-24H2,1,3-5H3/t25-,26+,27+,29+,30-,31+,32+,33-,34+,35-/m0/s1. The third-order valence-electron chi connectivity index (χ3n) is 9.03. The van der Waals surface area contributed by atoms with Crippen LogP contribution in [0.4, 0.5) is 0 Å². The molecule has 11 atom stereocenters. The van der Waals surface area contributed by atoms with Gasteiger partial charge in [0.05, 0.1) is 47.6 Å². The molecule has 20 heteroatoms. The summed E-state index contributed by atoms with van der Waals surface area (Å²) in [6, 6.07) is 0. The Hall–Kier alpha value is -1.20. The molecular weight excluding hydrogens is 753 g/mol. The molecule has 324 valence electrons. The molecule has 0 aromatic rings. The van der Waals surface area contributed by atoms with Gasteiger partial charge in [0, 0.05) is 6.42 Å². The van der Waals surface area contributed by atoms with Crippen LogP contribution in [0, 0.1) is 0 Å². The maximum Gasteiger partial charge on any atom is 0.305 e. The molecule has 55 heavy (non-hydrogen) atoms. The Morgan fingerprint density at radius 1 is 0.964 bits per heavy atom. The SMILES string of the molecule is C=CCOO[C@@H](CO)CO[C@H]1[C@H](OP(=O)([O-])OCC[N+](C)(C)C)[C@@H](CO)O[C@@]1(COC(=O)CCCCCCCCCCC)O[C@H]1O[C@H](CO)[C@@H](O)[C@H](O)[C@H]1O. The number of phosphoric acid groups is 1. The molecule has 0 aromatic heterocycles. The molecule has 0 saturated carbocycles. The minimum atomic E-state index is -5.20. The van der Waals surface area contributed by atoms with Crippen molar-refractivity contribution in [2.45, 2.75) is 132 Å². The summed E-state index contributed by atoms with van der Waals surface area (Å²) in [7, 11) is 0.244. The Balaban J connectivity index is 2.42. The number of ether oxygens (including phenoxy) is 5. The van der Waals surface area contributed by atoms with E-state index in [1.54, 1.807) is 0 Å². The van der Waals surface area contributed by atoms with Crippen molar-refractivity contribution >= 4 is 13.8 Å². The zero-order valence-corrected chi connectivity index (χ0v) is 33.6. The minimum Gasteiger partial charge on any atom is -0.756 e. The summed E-state index contributed by atoms with van der Waals surface area (Å²) in [6.45, 7) is 1.78. The fourth-order valence-electron chi connectivity index (χ4n) is 5.87. The zero-order chi connectivity index (χ0) is 41.1. The number of quaternary nitrogens is 1. The van der Waals surface area contributed by atoms with E-state index in [1.165, 1.54) is 18.9 Å². The van der Waals surface area contributed by atoms with Crippen LogP contribution in [-0.2, 0) is 51.9 Å². The van der Waals surface area contributed by atoms with E-state index >= 15 is 0 Å². The molecule has 0 spiro atoms. The van der Waals surface area contributed by atoms with Crippen LogP contribution in [0.25, 0.3) is 0 Å². The van der Waals surface area contributed by atoms with Crippen LogP contribution >= 0.6 is 7.82 Å². The van der Waals surface area contributed by atoms with E-state index in [-0.39, 0.29) is 26.2 Å². The van der Waals surface area contributed by atoms with Crippen molar-refractivity contribution < 1.29 is 91.9 Å². The molecule has 0 radical (unpaired) electrons. The van der Waals surface area contributed by atoms with Gasteiger partial charge >= 0.3 is 5.97 Å². The van der Waals surface area contributed by atoms with Gasteiger partial charge in [0.15, 0.2) is 6.29 Å². The highest BCUT2D eigenvalue weighted by molar-refractivity contribution is 7.45. The molecule has 0 amide bonds. The van der Waals surface area contributed by atoms with E-state index < -0.39 is 108 Å². The van der Waals surface area contributed by atoms with Crippen molar-refractivity contribution in [1.29, 1.82) is 0 Å². The van der Waals surface area contributed by atoms with Gasteiger partial charge in [0.25, 0.3) is 7.82 Å². The molecule has 19 nitrogen and oxygen atoms in total. The lowest BCUT2D eigenvalue weighted by Gasteiger charge is -2.44. The molecule has 0 bridgehead atoms. The molecule has 0 aromatic carbocycles. The average Bonchev–Trinajstić information content (AvgIpc) is 3.41. The van der Waals surface area contributed by atoms with E-state index in [9.17, 15) is 44.9 Å². The normalized spacial score (nSPS) is 30.2. The van der Waals surface area contributed by atoms with Gasteiger partial charge in [0.1, 0.15) is 75.2 Å². The predicted molar refractivity (Wildman–Crippen MR) is 192 cm³/mol. The highest BCUT2D eigenvalue weighted by Crippen LogP contribution is 2.48. The number of aliphatic hydroxyl groups excluding tert-OH is 6. The fraction of sp³-hybridized carbons (Fsp3) is 0.914. The van der Waals surface area contributed by atoms with Crippen molar-refractivity contribution in [3.05, 3.63) is 12.7 Å². The second-order valence-electron chi connectivity index (χ2n) is 14.8. The highest BCUT2D eigenvalue weighted by atomic mass is 31.2. The third kappa shape index (κ3) is 17.3. The van der Waals surface area contributed by atoms with Crippen molar-refractivity contribution in [2.75, 3.05) is 73.9 Å². The van der Waals surface area contributed by atoms with Gasteiger partial charge in [0.2, 0.25) is 5.79 Å². The number of unbranched alkanes of at least 4 members (excludes halogenated alkanes) is 8. The minimum absolute atomic E-state index is 0.00218. The first kappa shape index (κ1) is 49.9. The maximum atomic E-state index is 13.2. The van der Waals surface area contributed by atoms with Crippen LogP contribution in [0.15, 0.2) is 12.7 Å². The largest absolute Gasteiger partial charge is 0.756 e. The number of hydrogen-bond acceptors (Lipinski definition) is 18. The highest BCUT2D eigenvalue weighted by Gasteiger charge is 2.62. The first-order valence-electron chi connectivity index (χ1n) is 19.1. The molecule has 2 aliphatic rings. The van der Waals surface area contributed by atoms with Crippen molar-refractivity contribution in [1.82, 2.24) is 0 Å². The molecule has 2 heterocycles. The number of carbonyl (C=O) groups is 1. The Labute approximate surface area is 324 Å². The van der Waals surface area contributed by atoms with Crippen LogP contribution in [-0.4, -0.2) is 176 Å². The van der Waals surface area contributed by atoms with E-state index in [2.05, 4.69) is 13.5 Å². The Morgan fingerprint density at radius 3 is 2.18 bits per heavy atom. The van der Waals surface area contributed by atoms with Crippen molar-refractivity contribution in [2.24, 2.45) is 0 Å². The number of nitrogens with zero attached hydrogens (tertiary/aromatic N) is 1. The number of aliphatic hydroxyl groups is 6. The quantitative estimate of drug-likeness (QED) is 0.0104. The van der Waals surface area contributed by atoms with Crippen LogP contribution in [0.5, 0.6) is 0 Å². The average molecular weight is 820 g/mol. The summed E-state index contributed by atoms with van der Waals surface area (Å²) >= 11 is 0. The van der Waals surface area contributed by atoms with Gasteiger partial charge in [-0.25, -0.2) is 9.78 Å². The Bertz CT molecular complexity index is 1130. The summed E-state index contributed by atoms with van der Waals surface area (Å²) in [5, 5.41) is 62.0. The van der Waals surface area contributed by atoms with E-state index in [0.29, 0.717) is 10.9 Å². The molecule has 6 N–H and O–H groups in total. The first-order valence-corrected chi connectivity index (χ1v) is 20.5. The number of phosphoric ester groups is 1. The van der Waals surface area contributed by atoms with Crippen LogP contribution in [0.2, 0.25) is 0 Å². The third-order valence-corrected chi connectivity index (χ3v) is 10.0. The van der Waals surface area contributed by atoms with Gasteiger partial charge in [-0.05, 0) is 6.42 Å². The lowest BCUT2D eigenvalue weighted by molar-refractivity contribution is -0.870. The lowest BCUT2D eigenvalue weighted by atomic mass is 9.99. The van der Waals surface area contributed by atoms with E-state index in [0.717, 1.165) is 38.5 Å². The molecule has 2 aliphatic heterocycles. The molecule has 0 aliphatic carbocycles. The number of rotatable bonds is 30. The second-order valence-corrected chi connectivity index (χ2v) is 16.2. The molecular formula is C35H66NO18P. The van der Waals surface area contributed by atoms with Crippen molar-refractivity contribution in [3.63, 3.8) is 0 Å². The molecule has 1 unspecified atom stereocenters. The van der Waals surface area contributed by atoms with Gasteiger partial charge in [-0.1, -0.05) is 64.4 Å². The molecule has 2 fully saturated rings. The monoisotopic (exact) mass is 819 g/mol. The zero-order valence-electron chi connectivity index (χ0n) is 32.7. The lowest BCUT2D eigenvalue weighted by Crippen LogP contribution is -2.63. The first-order chi connectivity index (χ1) is 26.1. The number of likely N-dealkylation sites (N-methyl/N-ethyl adjacent to an activating group) is 1. The smallest absolute Gasteiger partial charge is 0.305 e. The maximum absolute atomic E-state index is 13.2. The van der Waals surface area contributed by atoms with Gasteiger partial charge < -0.3 is 72.7 Å². The topological polar surface area (TPSA) is 262 Å². The van der Waals surface area contributed by atoms with Crippen LogP contribution < -0.4 is 4.89 Å². The van der Waals surface area contributed by atoms with Gasteiger partial charge in [-0.3, -0.25) is 9.36 Å². The van der Waals surface area contributed by atoms with Crippen LogP contribution in [0.3, 0.4) is 0 Å². The van der Waals surface area contributed by atoms with Crippen molar-refractivity contribution in [3.8, 4) is 0 Å². The van der Waals surface area contributed by atoms with E-state index in [4.69, 9.17) is 42.5 Å².